The quantitative estimate of drug-likeness (QED) is 0.795. The van der Waals surface area contributed by atoms with Gasteiger partial charge in [-0.25, -0.2) is 0 Å². The second kappa shape index (κ2) is 4.42. The summed E-state index contributed by atoms with van der Waals surface area (Å²) in [6, 6.07) is 5.57. The van der Waals surface area contributed by atoms with E-state index >= 15 is 0 Å². The van der Waals surface area contributed by atoms with Crippen LogP contribution >= 0.6 is 11.6 Å². The molecule has 1 aromatic carbocycles. The molecule has 1 N–H and O–H groups in total. The summed E-state index contributed by atoms with van der Waals surface area (Å²) >= 11 is 5.90. The third-order valence-corrected chi connectivity index (χ3v) is 3.46. The molecule has 1 fully saturated rings. The average Bonchev–Trinajstić information content (AvgIpc) is 2.23. The van der Waals surface area contributed by atoms with Crippen molar-refractivity contribution in [3.8, 4) is 5.75 Å². The number of nitrogens with zero attached hydrogens (tertiary/aromatic N) is 1. The number of halogens is 1. The Balaban J connectivity index is 2.12. The normalized spacial score (nSPS) is 19.3. The molecule has 0 radical (unpaired) electrons. The molecule has 1 heterocycles. The minimum absolute atomic E-state index is 0.174. The number of rotatable bonds is 1. The molecule has 0 aliphatic carbocycles. The minimum Gasteiger partial charge on any atom is -0.506 e. The summed E-state index contributed by atoms with van der Waals surface area (Å²) < 4.78 is 0. The van der Waals surface area contributed by atoms with E-state index in [1.165, 1.54) is 18.4 Å². The molecule has 1 aliphatic rings. The van der Waals surface area contributed by atoms with Gasteiger partial charge < -0.3 is 10.0 Å². The van der Waals surface area contributed by atoms with Crippen LogP contribution < -0.4 is 0 Å². The van der Waals surface area contributed by atoms with Crippen LogP contribution in [0.5, 0.6) is 5.75 Å². The molecule has 2 nitrogen and oxygen atoms in total. The van der Waals surface area contributed by atoms with E-state index in [0.29, 0.717) is 10.9 Å². The lowest BCUT2D eigenvalue weighted by Crippen LogP contribution is -2.29. The van der Waals surface area contributed by atoms with Crippen LogP contribution in [-0.4, -0.2) is 30.1 Å². The maximum atomic E-state index is 9.34. The molecule has 1 saturated heterocycles. The van der Waals surface area contributed by atoms with Crippen LogP contribution in [0.4, 0.5) is 0 Å². The zero-order chi connectivity index (χ0) is 10.8. The van der Waals surface area contributed by atoms with Crippen molar-refractivity contribution in [3.05, 3.63) is 28.8 Å². The molecular formula is C12H16ClNO. The molecule has 0 bridgehead atoms. The Kier molecular flexibility index (Phi) is 3.17. The van der Waals surface area contributed by atoms with Gasteiger partial charge in [0.2, 0.25) is 0 Å². The Hall–Kier alpha value is -0.730. The Morgan fingerprint density at radius 2 is 2.00 bits per heavy atom. The number of likely N-dealkylation sites (tertiary alicyclic amines) is 1. The van der Waals surface area contributed by atoms with E-state index in [4.69, 9.17) is 11.6 Å². The topological polar surface area (TPSA) is 23.5 Å². The van der Waals surface area contributed by atoms with Crippen LogP contribution in [0.1, 0.15) is 24.3 Å². The van der Waals surface area contributed by atoms with Gasteiger partial charge in [-0.05, 0) is 56.6 Å². The highest BCUT2D eigenvalue weighted by molar-refractivity contribution is 6.32. The van der Waals surface area contributed by atoms with Gasteiger partial charge in [0.15, 0.2) is 0 Å². The first-order valence-corrected chi connectivity index (χ1v) is 5.71. The second-order valence-corrected chi connectivity index (χ2v) is 4.70. The van der Waals surface area contributed by atoms with Crippen molar-refractivity contribution < 1.29 is 5.11 Å². The first-order chi connectivity index (χ1) is 7.16. The second-order valence-electron chi connectivity index (χ2n) is 4.29. The number of hydrogen-bond donors (Lipinski definition) is 1. The molecule has 15 heavy (non-hydrogen) atoms. The minimum atomic E-state index is 0.174. The fourth-order valence-electron chi connectivity index (χ4n) is 2.12. The number of aromatic hydroxyl groups is 1. The van der Waals surface area contributed by atoms with Crippen molar-refractivity contribution in [1.82, 2.24) is 4.90 Å². The molecule has 1 aliphatic heterocycles. The van der Waals surface area contributed by atoms with Gasteiger partial charge in [-0.1, -0.05) is 17.7 Å². The Morgan fingerprint density at radius 1 is 1.33 bits per heavy atom. The summed E-state index contributed by atoms with van der Waals surface area (Å²) in [7, 11) is 2.15. The number of phenolic OH excluding ortho intramolecular Hbond substituents is 1. The Morgan fingerprint density at radius 3 is 2.60 bits per heavy atom. The van der Waals surface area contributed by atoms with Gasteiger partial charge in [-0.2, -0.15) is 0 Å². The molecule has 0 spiro atoms. The predicted octanol–water partition coefficient (Wildman–Crippen LogP) is 2.85. The molecule has 3 heteroatoms. The van der Waals surface area contributed by atoms with Gasteiger partial charge in [0.1, 0.15) is 5.75 Å². The first-order valence-electron chi connectivity index (χ1n) is 5.34. The SMILES string of the molecule is CN1CCC(c2ccc(O)c(Cl)c2)CC1. The highest BCUT2D eigenvalue weighted by Gasteiger charge is 2.18. The number of benzene rings is 1. The third-order valence-electron chi connectivity index (χ3n) is 3.16. The summed E-state index contributed by atoms with van der Waals surface area (Å²) in [5.74, 6) is 0.771. The van der Waals surface area contributed by atoms with Gasteiger partial charge in [-0.15, -0.1) is 0 Å². The van der Waals surface area contributed by atoms with E-state index in [1.807, 2.05) is 12.1 Å². The maximum absolute atomic E-state index is 9.34. The van der Waals surface area contributed by atoms with Crippen LogP contribution in [0.25, 0.3) is 0 Å². The summed E-state index contributed by atoms with van der Waals surface area (Å²) in [4.78, 5) is 2.35. The molecule has 1 aromatic rings. The van der Waals surface area contributed by atoms with E-state index in [1.54, 1.807) is 6.07 Å². The lowest BCUT2D eigenvalue weighted by molar-refractivity contribution is 0.255. The van der Waals surface area contributed by atoms with Gasteiger partial charge in [-0.3, -0.25) is 0 Å². The molecule has 0 unspecified atom stereocenters. The standard InChI is InChI=1S/C12H16ClNO/c1-14-6-4-9(5-7-14)10-2-3-12(15)11(13)8-10/h2-3,8-9,15H,4-7H2,1H3. The summed E-state index contributed by atoms with van der Waals surface area (Å²) in [5, 5.41) is 9.81. The van der Waals surface area contributed by atoms with Crippen molar-refractivity contribution >= 4 is 11.6 Å². The molecule has 0 atom stereocenters. The van der Waals surface area contributed by atoms with Gasteiger partial charge in [0, 0.05) is 0 Å². The Bertz CT molecular complexity index is 345. The molecule has 0 amide bonds. The van der Waals surface area contributed by atoms with E-state index in [2.05, 4.69) is 11.9 Å². The van der Waals surface area contributed by atoms with Crippen molar-refractivity contribution in [1.29, 1.82) is 0 Å². The van der Waals surface area contributed by atoms with E-state index in [9.17, 15) is 5.11 Å². The molecule has 2 rings (SSSR count). The monoisotopic (exact) mass is 225 g/mol. The van der Waals surface area contributed by atoms with E-state index in [0.717, 1.165) is 13.1 Å². The molecule has 82 valence electrons. The average molecular weight is 226 g/mol. The van der Waals surface area contributed by atoms with Crippen molar-refractivity contribution in [2.75, 3.05) is 20.1 Å². The molecule has 0 saturated carbocycles. The molecule has 0 aromatic heterocycles. The zero-order valence-corrected chi connectivity index (χ0v) is 9.67. The summed E-state index contributed by atoms with van der Waals surface area (Å²) in [5.41, 5.74) is 1.26. The van der Waals surface area contributed by atoms with Crippen LogP contribution in [-0.2, 0) is 0 Å². The third kappa shape index (κ3) is 2.44. The van der Waals surface area contributed by atoms with Gasteiger partial charge >= 0.3 is 0 Å². The number of hydrogen-bond acceptors (Lipinski definition) is 2. The van der Waals surface area contributed by atoms with Gasteiger partial charge in [0.25, 0.3) is 0 Å². The predicted molar refractivity (Wildman–Crippen MR) is 62.6 cm³/mol. The highest BCUT2D eigenvalue weighted by Crippen LogP contribution is 2.32. The zero-order valence-electron chi connectivity index (χ0n) is 8.91. The maximum Gasteiger partial charge on any atom is 0.134 e. The smallest absolute Gasteiger partial charge is 0.134 e. The largest absolute Gasteiger partial charge is 0.506 e. The van der Waals surface area contributed by atoms with Crippen LogP contribution in [0.2, 0.25) is 5.02 Å². The van der Waals surface area contributed by atoms with Crippen molar-refractivity contribution in [2.24, 2.45) is 0 Å². The van der Waals surface area contributed by atoms with Crippen LogP contribution in [0, 0.1) is 0 Å². The van der Waals surface area contributed by atoms with Crippen LogP contribution in [0.3, 0.4) is 0 Å². The first kappa shape index (κ1) is 10.8. The molecular weight excluding hydrogens is 210 g/mol. The van der Waals surface area contributed by atoms with Crippen molar-refractivity contribution in [3.63, 3.8) is 0 Å². The Labute approximate surface area is 95.5 Å². The van der Waals surface area contributed by atoms with Gasteiger partial charge in [0.05, 0.1) is 5.02 Å². The number of phenols is 1. The lowest BCUT2D eigenvalue weighted by Gasteiger charge is -2.29. The van der Waals surface area contributed by atoms with Crippen molar-refractivity contribution in [2.45, 2.75) is 18.8 Å². The lowest BCUT2D eigenvalue weighted by atomic mass is 9.90. The number of piperidine rings is 1. The summed E-state index contributed by atoms with van der Waals surface area (Å²) in [6.45, 7) is 2.28. The highest BCUT2D eigenvalue weighted by atomic mass is 35.5. The van der Waals surface area contributed by atoms with Crippen LogP contribution in [0.15, 0.2) is 18.2 Å². The fraction of sp³-hybridized carbons (Fsp3) is 0.500. The summed E-state index contributed by atoms with van der Waals surface area (Å²) in [6.07, 6.45) is 2.36. The fourth-order valence-corrected chi connectivity index (χ4v) is 2.31. The van der Waals surface area contributed by atoms with E-state index < -0.39 is 0 Å². The van der Waals surface area contributed by atoms with E-state index in [-0.39, 0.29) is 5.75 Å².